The summed E-state index contributed by atoms with van der Waals surface area (Å²) in [6.45, 7) is 2.67. The van der Waals surface area contributed by atoms with Gasteiger partial charge in [-0.2, -0.15) is 4.31 Å². The summed E-state index contributed by atoms with van der Waals surface area (Å²) in [5.41, 5.74) is 0. The minimum atomic E-state index is -3.40. The van der Waals surface area contributed by atoms with E-state index in [1.54, 1.807) is 23.5 Å². The fraction of sp³-hybridized carbons (Fsp3) is 0.615. The van der Waals surface area contributed by atoms with Crippen LogP contribution in [0.2, 0.25) is 0 Å². The minimum absolute atomic E-state index is 0.130. The number of pyridine rings is 1. The molecular weight excluding hydrogens is 262 g/mol. The summed E-state index contributed by atoms with van der Waals surface area (Å²) in [6.07, 6.45) is 5.41. The van der Waals surface area contributed by atoms with Crippen molar-refractivity contribution in [3.63, 3.8) is 0 Å². The van der Waals surface area contributed by atoms with Gasteiger partial charge in [0.1, 0.15) is 5.82 Å². The summed E-state index contributed by atoms with van der Waals surface area (Å²) in [5.74, 6) is 0.575. The van der Waals surface area contributed by atoms with E-state index < -0.39 is 10.0 Å². The van der Waals surface area contributed by atoms with Crippen LogP contribution < -0.4 is 5.32 Å². The predicted molar refractivity (Wildman–Crippen MR) is 75.6 cm³/mol. The third-order valence-corrected chi connectivity index (χ3v) is 5.59. The SMILES string of the molecule is CCC1CCCCN1S(=O)(=O)c1ccnc(NC)c1. The van der Waals surface area contributed by atoms with E-state index in [4.69, 9.17) is 0 Å². The maximum absolute atomic E-state index is 12.7. The highest BCUT2D eigenvalue weighted by molar-refractivity contribution is 7.89. The molecule has 2 rings (SSSR count). The Hall–Kier alpha value is -1.14. The molecule has 0 spiro atoms. The van der Waals surface area contributed by atoms with Crippen molar-refractivity contribution in [3.05, 3.63) is 18.3 Å². The highest BCUT2D eigenvalue weighted by Crippen LogP contribution is 2.27. The van der Waals surface area contributed by atoms with Crippen LogP contribution >= 0.6 is 0 Å². The van der Waals surface area contributed by atoms with Crippen molar-refractivity contribution in [3.8, 4) is 0 Å². The number of anilines is 1. The first-order chi connectivity index (χ1) is 9.09. The van der Waals surface area contributed by atoms with Crippen molar-refractivity contribution < 1.29 is 8.42 Å². The van der Waals surface area contributed by atoms with Crippen LogP contribution in [0.15, 0.2) is 23.2 Å². The lowest BCUT2D eigenvalue weighted by Gasteiger charge is -2.34. The van der Waals surface area contributed by atoms with Crippen LogP contribution in [0.3, 0.4) is 0 Å². The number of rotatable bonds is 4. The lowest BCUT2D eigenvalue weighted by atomic mass is 10.0. The van der Waals surface area contributed by atoms with E-state index >= 15 is 0 Å². The lowest BCUT2D eigenvalue weighted by Crippen LogP contribution is -2.43. The van der Waals surface area contributed by atoms with Gasteiger partial charge >= 0.3 is 0 Å². The van der Waals surface area contributed by atoms with Crippen LogP contribution in [-0.2, 0) is 10.0 Å². The Morgan fingerprint density at radius 3 is 2.95 bits per heavy atom. The standard InChI is InChI=1S/C13H21N3O2S/c1-3-11-6-4-5-9-16(11)19(17,18)12-7-8-15-13(10-12)14-2/h7-8,10-11H,3-6,9H2,1-2H3,(H,14,15). The molecule has 1 aromatic heterocycles. The van der Waals surface area contributed by atoms with Gasteiger partial charge in [0.2, 0.25) is 10.0 Å². The quantitative estimate of drug-likeness (QED) is 0.919. The number of piperidine rings is 1. The largest absolute Gasteiger partial charge is 0.373 e. The van der Waals surface area contributed by atoms with Crippen LogP contribution in [0.5, 0.6) is 0 Å². The van der Waals surface area contributed by atoms with Gasteiger partial charge < -0.3 is 5.32 Å². The van der Waals surface area contributed by atoms with E-state index in [2.05, 4.69) is 10.3 Å². The fourth-order valence-electron chi connectivity index (χ4n) is 2.54. The topological polar surface area (TPSA) is 62.3 Å². The molecule has 0 aromatic carbocycles. The molecule has 6 heteroatoms. The van der Waals surface area contributed by atoms with E-state index in [-0.39, 0.29) is 6.04 Å². The molecule has 19 heavy (non-hydrogen) atoms. The Morgan fingerprint density at radius 2 is 2.26 bits per heavy atom. The zero-order valence-electron chi connectivity index (χ0n) is 11.5. The van der Waals surface area contributed by atoms with Gasteiger partial charge in [-0.25, -0.2) is 13.4 Å². The fourth-order valence-corrected chi connectivity index (χ4v) is 4.32. The molecule has 1 aliphatic heterocycles. The van der Waals surface area contributed by atoms with Crippen LogP contribution in [-0.4, -0.2) is 37.3 Å². The van der Waals surface area contributed by atoms with Gasteiger partial charge in [-0.1, -0.05) is 13.3 Å². The highest BCUT2D eigenvalue weighted by Gasteiger charge is 2.32. The van der Waals surface area contributed by atoms with Crippen LogP contribution in [0.25, 0.3) is 0 Å². The summed E-state index contributed by atoms with van der Waals surface area (Å²) in [4.78, 5) is 4.39. The Balaban J connectivity index is 2.34. The van der Waals surface area contributed by atoms with E-state index in [1.165, 1.54) is 6.20 Å². The first kappa shape index (κ1) is 14.3. The maximum atomic E-state index is 12.7. The van der Waals surface area contributed by atoms with Gasteiger partial charge in [-0.15, -0.1) is 0 Å². The Labute approximate surface area is 115 Å². The number of sulfonamides is 1. The van der Waals surface area contributed by atoms with Gasteiger partial charge in [-0.3, -0.25) is 0 Å². The molecule has 1 atom stereocenters. The van der Waals surface area contributed by atoms with Crippen LogP contribution in [0, 0.1) is 0 Å². The average molecular weight is 283 g/mol. The smallest absolute Gasteiger partial charge is 0.243 e. The monoisotopic (exact) mass is 283 g/mol. The average Bonchev–Trinajstić information content (AvgIpc) is 2.47. The van der Waals surface area contributed by atoms with Crippen molar-refractivity contribution in [2.75, 3.05) is 18.9 Å². The van der Waals surface area contributed by atoms with Gasteiger partial charge in [0.05, 0.1) is 4.90 Å². The van der Waals surface area contributed by atoms with Gasteiger partial charge in [-0.05, 0) is 25.3 Å². The molecule has 1 aliphatic rings. The second-order valence-corrected chi connectivity index (χ2v) is 6.69. The van der Waals surface area contributed by atoms with Gasteiger partial charge in [0, 0.05) is 31.9 Å². The van der Waals surface area contributed by atoms with Gasteiger partial charge in [0.25, 0.3) is 0 Å². The van der Waals surface area contributed by atoms with Crippen molar-refractivity contribution in [1.29, 1.82) is 0 Å². The van der Waals surface area contributed by atoms with E-state index in [9.17, 15) is 8.42 Å². The molecule has 0 aliphatic carbocycles. The molecule has 2 heterocycles. The normalized spacial score (nSPS) is 21.3. The molecule has 106 valence electrons. The molecular formula is C13H21N3O2S. The Bertz CT molecular complexity index is 530. The molecule has 0 radical (unpaired) electrons. The number of nitrogens with one attached hydrogen (secondary N) is 1. The molecule has 1 aromatic rings. The third-order valence-electron chi connectivity index (χ3n) is 3.64. The third kappa shape index (κ3) is 2.90. The molecule has 1 unspecified atom stereocenters. The predicted octanol–water partition coefficient (Wildman–Crippen LogP) is 2.08. The molecule has 0 saturated carbocycles. The lowest BCUT2D eigenvalue weighted by molar-refractivity contribution is 0.246. The summed E-state index contributed by atoms with van der Waals surface area (Å²) >= 11 is 0. The summed E-state index contributed by atoms with van der Waals surface area (Å²) in [6, 6.07) is 3.29. The number of hydrogen-bond acceptors (Lipinski definition) is 4. The maximum Gasteiger partial charge on any atom is 0.243 e. The number of hydrogen-bond donors (Lipinski definition) is 1. The molecule has 1 fully saturated rings. The summed E-state index contributed by atoms with van der Waals surface area (Å²) in [5, 5.41) is 2.87. The van der Waals surface area contributed by atoms with Crippen molar-refractivity contribution in [1.82, 2.24) is 9.29 Å². The van der Waals surface area contributed by atoms with Gasteiger partial charge in [0.15, 0.2) is 0 Å². The summed E-state index contributed by atoms with van der Waals surface area (Å²) < 4.78 is 27.0. The second kappa shape index (κ2) is 5.88. The molecule has 5 nitrogen and oxygen atoms in total. The zero-order chi connectivity index (χ0) is 13.9. The number of nitrogens with zero attached hydrogens (tertiary/aromatic N) is 2. The highest BCUT2D eigenvalue weighted by atomic mass is 32.2. The van der Waals surface area contributed by atoms with Crippen molar-refractivity contribution >= 4 is 15.8 Å². The van der Waals surface area contributed by atoms with Crippen molar-refractivity contribution in [2.24, 2.45) is 0 Å². The molecule has 0 bridgehead atoms. The van der Waals surface area contributed by atoms with Crippen molar-refractivity contribution in [2.45, 2.75) is 43.5 Å². The molecule has 0 amide bonds. The minimum Gasteiger partial charge on any atom is -0.373 e. The number of aromatic nitrogens is 1. The Kier molecular flexibility index (Phi) is 4.42. The zero-order valence-corrected chi connectivity index (χ0v) is 12.3. The van der Waals surface area contributed by atoms with E-state index in [0.29, 0.717) is 17.3 Å². The summed E-state index contributed by atoms with van der Waals surface area (Å²) in [7, 11) is -1.67. The molecule has 1 N–H and O–H groups in total. The Morgan fingerprint density at radius 1 is 1.47 bits per heavy atom. The van der Waals surface area contributed by atoms with E-state index in [1.807, 2.05) is 6.92 Å². The van der Waals surface area contributed by atoms with Crippen LogP contribution in [0.1, 0.15) is 32.6 Å². The first-order valence-corrected chi connectivity index (χ1v) is 8.19. The molecule has 1 saturated heterocycles. The van der Waals surface area contributed by atoms with Crippen LogP contribution in [0.4, 0.5) is 5.82 Å². The first-order valence-electron chi connectivity index (χ1n) is 6.75. The van der Waals surface area contributed by atoms with E-state index in [0.717, 1.165) is 25.7 Å². The second-order valence-electron chi connectivity index (χ2n) is 4.80.